The van der Waals surface area contributed by atoms with Gasteiger partial charge >= 0.3 is 18.2 Å². The fourth-order valence-corrected chi connectivity index (χ4v) is 9.58. The molecule has 64 heavy (non-hydrogen) atoms. The van der Waals surface area contributed by atoms with E-state index in [0.29, 0.717) is 49.7 Å². The van der Waals surface area contributed by atoms with Crippen LogP contribution in [0.15, 0.2) is 30.4 Å². The van der Waals surface area contributed by atoms with Crippen molar-refractivity contribution in [1.29, 1.82) is 0 Å². The number of fused-ring (bicyclic) bond motifs is 3. The normalized spacial score (nSPS) is 25.5. The van der Waals surface area contributed by atoms with Crippen LogP contribution in [-0.2, 0) is 61.3 Å². The first kappa shape index (κ1) is 48.2. The van der Waals surface area contributed by atoms with E-state index in [1.165, 1.54) is 21.9 Å². The number of nitrogens with one attached hydrogen (secondary N) is 4. The van der Waals surface area contributed by atoms with Crippen molar-refractivity contribution in [3.63, 3.8) is 0 Å². The highest BCUT2D eigenvalue weighted by molar-refractivity contribution is 7.91. The molecule has 0 radical (unpaired) electrons. The van der Waals surface area contributed by atoms with Crippen molar-refractivity contribution in [2.24, 2.45) is 5.92 Å². The molecule has 2 aliphatic carbocycles. The van der Waals surface area contributed by atoms with Crippen LogP contribution in [0.2, 0.25) is 0 Å². The smallest absolute Gasteiger partial charge is 0.410 e. The summed E-state index contributed by atoms with van der Waals surface area (Å²) in [5, 5.41) is 7.32. The van der Waals surface area contributed by atoms with Crippen LogP contribution < -0.4 is 20.7 Å². The van der Waals surface area contributed by atoms with Gasteiger partial charge in [-0.25, -0.2) is 22.4 Å². The van der Waals surface area contributed by atoms with Gasteiger partial charge in [-0.05, 0) is 98.1 Å². The Labute approximate surface area is 373 Å². The molecule has 352 valence electrons. The zero-order valence-corrected chi connectivity index (χ0v) is 38.1. The van der Waals surface area contributed by atoms with Crippen molar-refractivity contribution in [3.8, 4) is 0 Å². The molecule has 0 unspecified atom stereocenters. The molecule has 1 aromatic carbocycles. The first-order chi connectivity index (χ1) is 29.9. The number of hydrogen-bond acceptors (Lipinski definition) is 12. The summed E-state index contributed by atoms with van der Waals surface area (Å²) in [6.45, 7) is 9.68. The van der Waals surface area contributed by atoms with Crippen LogP contribution in [0.4, 0.5) is 14.0 Å². The van der Waals surface area contributed by atoms with Crippen molar-refractivity contribution < 1.29 is 60.6 Å². The molecule has 0 aromatic heterocycles. The van der Waals surface area contributed by atoms with Gasteiger partial charge in [-0.3, -0.25) is 33.6 Å². The number of alkyl carbamates (subject to hydrolysis) is 1. The number of benzene rings is 1. The maximum absolute atomic E-state index is 14.8. The summed E-state index contributed by atoms with van der Waals surface area (Å²) in [6, 6.07) is 0.517. The second-order valence-electron chi connectivity index (χ2n) is 19.4. The van der Waals surface area contributed by atoms with Crippen LogP contribution in [0, 0.1) is 11.7 Å². The molecule has 0 bridgehead atoms. The molecule has 18 nitrogen and oxygen atoms in total. The zero-order chi connectivity index (χ0) is 46.8. The average Bonchev–Trinajstić information content (AvgIpc) is 4.07. The molecule has 3 aliphatic heterocycles. The Morgan fingerprint density at radius 2 is 1.69 bits per heavy atom. The Bertz CT molecular complexity index is 2150. The summed E-state index contributed by atoms with van der Waals surface area (Å²) in [5.41, 5.74) is -2.45. The number of allylic oxidation sites excluding steroid dienone is 1. The fourth-order valence-electron chi connectivity index (χ4n) is 8.22. The van der Waals surface area contributed by atoms with Gasteiger partial charge in [0.25, 0.3) is 5.91 Å². The predicted molar refractivity (Wildman–Crippen MR) is 227 cm³/mol. The Morgan fingerprint density at radius 3 is 2.36 bits per heavy atom. The molecule has 5 aliphatic rings. The fraction of sp³-hybridized carbons (Fsp3) is 0.659. The van der Waals surface area contributed by atoms with E-state index in [4.69, 9.17) is 14.2 Å². The van der Waals surface area contributed by atoms with Gasteiger partial charge in [0, 0.05) is 30.9 Å². The number of amides is 6. The van der Waals surface area contributed by atoms with Gasteiger partial charge in [-0.2, -0.15) is 0 Å². The lowest BCUT2D eigenvalue weighted by atomic mass is 10.0. The van der Waals surface area contributed by atoms with Gasteiger partial charge in [0.05, 0.1) is 18.3 Å². The summed E-state index contributed by atoms with van der Waals surface area (Å²) in [6.07, 6.45) is 3.40. The van der Waals surface area contributed by atoms with Crippen LogP contribution >= 0.6 is 0 Å². The van der Waals surface area contributed by atoms with E-state index in [1.54, 1.807) is 53.7 Å². The topological polar surface area (TPSA) is 236 Å². The van der Waals surface area contributed by atoms with E-state index in [0.717, 1.165) is 0 Å². The van der Waals surface area contributed by atoms with Gasteiger partial charge in [0.2, 0.25) is 27.7 Å². The molecule has 3 fully saturated rings. The molecule has 1 aromatic rings. The zero-order valence-electron chi connectivity index (χ0n) is 37.3. The lowest BCUT2D eigenvalue weighted by molar-refractivity contribution is -0.155. The minimum atomic E-state index is -3.99. The van der Waals surface area contributed by atoms with Crippen molar-refractivity contribution in [3.05, 3.63) is 47.3 Å². The second-order valence-corrected chi connectivity index (χ2v) is 21.3. The molecule has 6 rings (SSSR count). The number of carbonyl (C=O) groups is 7. The minimum absolute atomic E-state index is 0.0586. The Morgan fingerprint density at radius 1 is 0.969 bits per heavy atom. The molecule has 6 atom stereocenters. The molecule has 2 saturated carbocycles. The van der Waals surface area contributed by atoms with Crippen LogP contribution in [0.5, 0.6) is 0 Å². The number of nitrogens with zero attached hydrogens (tertiary/aromatic N) is 2. The number of ether oxygens (including phenoxy) is 3. The van der Waals surface area contributed by atoms with Gasteiger partial charge < -0.3 is 35.1 Å². The number of sulfonamides is 1. The van der Waals surface area contributed by atoms with E-state index in [-0.39, 0.29) is 51.7 Å². The number of carbonyl (C=O) groups excluding carboxylic acids is 7. The monoisotopic (exact) mass is 916 g/mol. The lowest BCUT2D eigenvalue weighted by Gasteiger charge is -2.31. The summed E-state index contributed by atoms with van der Waals surface area (Å²) >= 11 is 0. The molecule has 3 heterocycles. The standard InChI is InChI=1S/C44H61FN6O12S/c1-42(2,3)62-35(52)20-19-32(47-40(57)63-43(4,5)6)36(53)46-33-16-11-9-7-8-10-14-27-22-44(27,39(56)49-64(59,60)29-17-18-29)48-37(54)34-21-28(24-51(34)38(33)55)61-41(58)50-23-26-13-12-15-31(45)30(26)25-50/h10,12-15,27-29,32-34H,7-9,11,16-25H2,1-6H3,(H,46,53)(H,47,57)(H,48,54)(H,49,56)/t27-,28-,32-,33+,34+,44-/m1/s1. The molecular weight excluding hydrogens is 856 g/mol. The molecule has 0 spiro atoms. The van der Waals surface area contributed by atoms with Crippen LogP contribution in [0.25, 0.3) is 0 Å². The SMILES string of the molecule is CC(C)(C)OC(=O)CC[C@@H](NC(=O)OC(C)(C)C)C(=O)N[C@H]1CCCCCC=C[C@@H]2C[C@@]2(C(=O)NS(=O)(=O)C2CC2)NC(=O)[C@@H]2C[C@@H](OC(=O)N3Cc4cccc(F)c4C3)CN2C1=O. The van der Waals surface area contributed by atoms with Gasteiger partial charge in [-0.1, -0.05) is 37.1 Å². The first-order valence-electron chi connectivity index (χ1n) is 22.0. The lowest BCUT2D eigenvalue weighted by Crippen LogP contribution is -2.59. The molecule has 1 saturated heterocycles. The summed E-state index contributed by atoms with van der Waals surface area (Å²) < 4.78 is 59.2. The van der Waals surface area contributed by atoms with E-state index >= 15 is 0 Å². The van der Waals surface area contributed by atoms with E-state index < -0.39 is 110 Å². The highest BCUT2D eigenvalue weighted by Crippen LogP contribution is 2.46. The van der Waals surface area contributed by atoms with Gasteiger partial charge in [-0.15, -0.1) is 0 Å². The summed E-state index contributed by atoms with van der Waals surface area (Å²) in [5.74, 6) is -4.88. The van der Waals surface area contributed by atoms with Crippen molar-refractivity contribution >= 4 is 51.8 Å². The highest BCUT2D eigenvalue weighted by Gasteiger charge is 2.62. The minimum Gasteiger partial charge on any atom is -0.460 e. The van der Waals surface area contributed by atoms with Crippen molar-refractivity contribution in [2.75, 3.05) is 6.54 Å². The number of halogens is 1. The number of rotatable bonds is 10. The predicted octanol–water partition coefficient (Wildman–Crippen LogP) is 3.75. The first-order valence-corrected chi connectivity index (χ1v) is 23.6. The van der Waals surface area contributed by atoms with Crippen molar-refractivity contribution in [1.82, 2.24) is 30.5 Å². The maximum Gasteiger partial charge on any atom is 0.410 e. The quantitative estimate of drug-likeness (QED) is 0.149. The average molecular weight is 917 g/mol. The third-order valence-corrected chi connectivity index (χ3v) is 13.5. The Balaban J connectivity index is 1.27. The van der Waals surface area contributed by atoms with Crippen LogP contribution in [0.3, 0.4) is 0 Å². The molecule has 20 heteroatoms. The van der Waals surface area contributed by atoms with Crippen LogP contribution in [-0.4, -0.2) is 113 Å². The molecule has 6 amide bonds. The van der Waals surface area contributed by atoms with Gasteiger partial charge in [0.1, 0.15) is 46.8 Å². The summed E-state index contributed by atoms with van der Waals surface area (Å²) in [4.78, 5) is 99.0. The van der Waals surface area contributed by atoms with E-state index in [2.05, 4.69) is 20.7 Å². The maximum atomic E-state index is 14.8. The number of esters is 1. The molecular formula is C44H61FN6O12S. The molecule has 4 N–H and O–H groups in total. The van der Waals surface area contributed by atoms with Crippen LogP contribution in [0.1, 0.15) is 123 Å². The van der Waals surface area contributed by atoms with E-state index in [1.807, 2.05) is 6.08 Å². The number of hydrogen-bond donors (Lipinski definition) is 4. The van der Waals surface area contributed by atoms with E-state index in [9.17, 15) is 46.4 Å². The largest absolute Gasteiger partial charge is 0.460 e. The highest BCUT2D eigenvalue weighted by atomic mass is 32.2. The van der Waals surface area contributed by atoms with Crippen molar-refractivity contribution in [2.45, 2.75) is 171 Å². The summed E-state index contributed by atoms with van der Waals surface area (Å²) in [7, 11) is -3.99. The van der Waals surface area contributed by atoms with Gasteiger partial charge in [0.15, 0.2) is 0 Å². The Hall–Kier alpha value is -5.27. The third-order valence-electron chi connectivity index (χ3n) is 11.7. The third kappa shape index (κ3) is 12.3. The second kappa shape index (κ2) is 19.1. The Kier molecular flexibility index (Phi) is 14.4.